The van der Waals surface area contributed by atoms with Crippen molar-refractivity contribution in [3.05, 3.63) is 35.2 Å². The molecule has 1 aliphatic rings. The molecule has 0 bridgehead atoms. The molecular weight excluding hydrogens is 268 g/mol. The average Bonchev–Trinajstić information content (AvgIpc) is 3.02. The maximum atomic E-state index is 9.59. The van der Waals surface area contributed by atoms with Gasteiger partial charge in [-0.1, -0.05) is 55.5 Å². The third-order valence-electron chi connectivity index (χ3n) is 3.82. The number of hydrogen-bond acceptors (Lipinski definition) is 4. The molecule has 0 saturated carbocycles. The SMILES string of the molecule is CC1(C)CCN(c2nc(-c3ccccc3)c(CO)s2)C1. The van der Waals surface area contributed by atoms with E-state index in [1.165, 1.54) is 6.42 Å². The van der Waals surface area contributed by atoms with Gasteiger partial charge in [-0.25, -0.2) is 4.98 Å². The summed E-state index contributed by atoms with van der Waals surface area (Å²) in [6.07, 6.45) is 1.20. The van der Waals surface area contributed by atoms with Crippen molar-refractivity contribution >= 4 is 16.5 Å². The highest BCUT2D eigenvalue weighted by molar-refractivity contribution is 7.16. The molecule has 1 N–H and O–H groups in total. The van der Waals surface area contributed by atoms with Crippen LogP contribution in [-0.4, -0.2) is 23.2 Å². The van der Waals surface area contributed by atoms with Crippen LogP contribution < -0.4 is 4.90 Å². The number of nitrogens with zero attached hydrogens (tertiary/aromatic N) is 2. The van der Waals surface area contributed by atoms with Crippen LogP contribution in [0.15, 0.2) is 30.3 Å². The smallest absolute Gasteiger partial charge is 0.186 e. The second kappa shape index (κ2) is 5.19. The number of aliphatic hydroxyl groups is 1. The summed E-state index contributed by atoms with van der Waals surface area (Å²) in [7, 11) is 0. The monoisotopic (exact) mass is 288 g/mol. The first-order chi connectivity index (χ1) is 9.59. The zero-order valence-corrected chi connectivity index (χ0v) is 12.8. The summed E-state index contributed by atoms with van der Waals surface area (Å²) in [6.45, 7) is 6.75. The van der Waals surface area contributed by atoms with E-state index in [9.17, 15) is 5.11 Å². The Labute approximate surface area is 123 Å². The molecule has 4 heteroatoms. The van der Waals surface area contributed by atoms with Gasteiger partial charge in [0.15, 0.2) is 5.13 Å². The second-order valence-electron chi connectivity index (χ2n) is 6.13. The molecule has 106 valence electrons. The summed E-state index contributed by atoms with van der Waals surface area (Å²) in [6, 6.07) is 10.1. The number of hydrogen-bond donors (Lipinski definition) is 1. The van der Waals surface area contributed by atoms with Crippen LogP contribution in [0.4, 0.5) is 5.13 Å². The van der Waals surface area contributed by atoms with Gasteiger partial charge in [-0.3, -0.25) is 0 Å². The lowest BCUT2D eigenvalue weighted by Crippen LogP contribution is -2.22. The second-order valence-corrected chi connectivity index (χ2v) is 7.19. The molecule has 20 heavy (non-hydrogen) atoms. The van der Waals surface area contributed by atoms with Crippen LogP contribution in [-0.2, 0) is 6.61 Å². The van der Waals surface area contributed by atoms with Gasteiger partial charge in [0.05, 0.1) is 17.2 Å². The van der Waals surface area contributed by atoms with Gasteiger partial charge in [0, 0.05) is 18.7 Å². The summed E-state index contributed by atoms with van der Waals surface area (Å²) in [5.74, 6) is 0. The van der Waals surface area contributed by atoms with E-state index < -0.39 is 0 Å². The van der Waals surface area contributed by atoms with E-state index >= 15 is 0 Å². The van der Waals surface area contributed by atoms with E-state index in [0.717, 1.165) is 34.4 Å². The van der Waals surface area contributed by atoms with E-state index in [1.807, 2.05) is 30.3 Å². The average molecular weight is 288 g/mol. The highest BCUT2D eigenvalue weighted by Crippen LogP contribution is 2.38. The molecule has 0 amide bonds. The van der Waals surface area contributed by atoms with Gasteiger partial charge in [-0.2, -0.15) is 0 Å². The van der Waals surface area contributed by atoms with Crippen LogP contribution in [0.1, 0.15) is 25.1 Å². The van der Waals surface area contributed by atoms with Crippen molar-refractivity contribution in [1.29, 1.82) is 0 Å². The zero-order valence-electron chi connectivity index (χ0n) is 12.0. The van der Waals surface area contributed by atoms with Crippen molar-refractivity contribution in [3.63, 3.8) is 0 Å². The molecule has 0 atom stereocenters. The van der Waals surface area contributed by atoms with Gasteiger partial charge in [0.25, 0.3) is 0 Å². The minimum Gasteiger partial charge on any atom is -0.391 e. The van der Waals surface area contributed by atoms with Crippen molar-refractivity contribution in [2.24, 2.45) is 5.41 Å². The van der Waals surface area contributed by atoms with Crippen molar-refractivity contribution in [2.45, 2.75) is 26.9 Å². The minimum absolute atomic E-state index is 0.0547. The maximum absolute atomic E-state index is 9.59. The Morgan fingerprint density at radius 2 is 2.05 bits per heavy atom. The number of benzene rings is 1. The molecular formula is C16H20N2OS. The summed E-state index contributed by atoms with van der Waals surface area (Å²) < 4.78 is 0. The molecule has 0 radical (unpaired) electrons. The van der Waals surface area contributed by atoms with E-state index in [4.69, 9.17) is 4.98 Å². The van der Waals surface area contributed by atoms with Gasteiger partial charge < -0.3 is 10.0 Å². The molecule has 0 spiro atoms. The predicted molar refractivity (Wildman–Crippen MR) is 84.1 cm³/mol. The summed E-state index contributed by atoms with van der Waals surface area (Å²) >= 11 is 1.62. The first-order valence-electron chi connectivity index (χ1n) is 7.00. The largest absolute Gasteiger partial charge is 0.391 e. The van der Waals surface area contributed by atoms with Gasteiger partial charge in [0.2, 0.25) is 0 Å². The molecule has 3 rings (SSSR count). The van der Waals surface area contributed by atoms with Crippen LogP contribution in [0.3, 0.4) is 0 Å². The van der Waals surface area contributed by atoms with Crippen LogP contribution in [0.2, 0.25) is 0 Å². The maximum Gasteiger partial charge on any atom is 0.186 e. The molecule has 1 aromatic carbocycles. The Bertz CT molecular complexity index is 592. The Morgan fingerprint density at radius 1 is 1.30 bits per heavy atom. The van der Waals surface area contributed by atoms with Gasteiger partial charge in [0.1, 0.15) is 0 Å². The Hall–Kier alpha value is -1.39. The predicted octanol–water partition coefficient (Wildman–Crippen LogP) is 3.54. The van der Waals surface area contributed by atoms with Crippen molar-refractivity contribution in [1.82, 2.24) is 4.98 Å². The third kappa shape index (κ3) is 2.58. The highest BCUT2D eigenvalue weighted by atomic mass is 32.1. The van der Waals surface area contributed by atoms with E-state index in [2.05, 4.69) is 18.7 Å². The van der Waals surface area contributed by atoms with Gasteiger partial charge in [-0.05, 0) is 11.8 Å². The number of aliphatic hydroxyl groups excluding tert-OH is 1. The van der Waals surface area contributed by atoms with Crippen LogP contribution >= 0.6 is 11.3 Å². The molecule has 1 aromatic heterocycles. The fraction of sp³-hybridized carbons (Fsp3) is 0.438. The first kappa shape index (κ1) is 13.6. The fourth-order valence-electron chi connectivity index (χ4n) is 2.68. The topological polar surface area (TPSA) is 36.4 Å². The lowest BCUT2D eigenvalue weighted by molar-refractivity contribution is 0.286. The lowest BCUT2D eigenvalue weighted by Gasteiger charge is -2.18. The first-order valence-corrected chi connectivity index (χ1v) is 7.82. The van der Waals surface area contributed by atoms with E-state index in [1.54, 1.807) is 11.3 Å². The van der Waals surface area contributed by atoms with E-state index in [-0.39, 0.29) is 6.61 Å². The molecule has 0 aliphatic carbocycles. The number of rotatable bonds is 3. The molecule has 2 heterocycles. The normalized spacial score (nSPS) is 17.6. The molecule has 0 unspecified atom stereocenters. The summed E-state index contributed by atoms with van der Waals surface area (Å²) in [5.41, 5.74) is 2.37. The Morgan fingerprint density at radius 3 is 2.65 bits per heavy atom. The zero-order chi connectivity index (χ0) is 14.2. The van der Waals surface area contributed by atoms with Gasteiger partial charge >= 0.3 is 0 Å². The molecule has 3 nitrogen and oxygen atoms in total. The van der Waals surface area contributed by atoms with Gasteiger partial charge in [-0.15, -0.1) is 0 Å². The summed E-state index contributed by atoms with van der Waals surface area (Å²) in [4.78, 5) is 8.08. The Balaban J connectivity index is 1.94. The third-order valence-corrected chi connectivity index (χ3v) is 4.93. The molecule has 2 aromatic rings. The van der Waals surface area contributed by atoms with E-state index in [0.29, 0.717) is 5.41 Å². The van der Waals surface area contributed by atoms with Crippen LogP contribution in [0, 0.1) is 5.41 Å². The van der Waals surface area contributed by atoms with Crippen LogP contribution in [0.25, 0.3) is 11.3 Å². The number of thiazole rings is 1. The summed E-state index contributed by atoms with van der Waals surface area (Å²) in [5, 5.41) is 10.6. The highest BCUT2D eigenvalue weighted by Gasteiger charge is 2.31. The van der Waals surface area contributed by atoms with Crippen LogP contribution in [0.5, 0.6) is 0 Å². The van der Waals surface area contributed by atoms with Crippen molar-refractivity contribution in [2.75, 3.05) is 18.0 Å². The molecule has 1 saturated heterocycles. The number of anilines is 1. The quantitative estimate of drug-likeness (QED) is 0.938. The Kier molecular flexibility index (Phi) is 3.52. The minimum atomic E-state index is 0.0547. The number of aromatic nitrogens is 1. The lowest BCUT2D eigenvalue weighted by atomic mass is 9.93. The fourth-order valence-corrected chi connectivity index (χ4v) is 3.65. The van der Waals surface area contributed by atoms with Crippen molar-refractivity contribution in [3.8, 4) is 11.3 Å². The molecule has 1 aliphatic heterocycles. The van der Waals surface area contributed by atoms with Crippen molar-refractivity contribution < 1.29 is 5.11 Å². The standard InChI is InChI=1S/C16H20N2OS/c1-16(2)8-9-18(11-16)15-17-14(13(10-19)20-15)12-6-4-3-5-7-12/h3-7,19H,8-11H2,1-2H3. The molecule has 1 fully saturated rings.